The van der Waals surface area contributed by atoms with Crippen molar-refractivity contribution in [2.24, 2.45) is 0 Å². The molecule has 0 aliphatic rings. The first-order valence-corrected chi connectivity index (χ1v) is 10.1. The number of hydrogen-bond donors (Lipinski definition) is 1. The van der Waals surface area contributed by atoms with Gasteiger partial charge >= 0.3 is 0 Å². The van der Waals surface area contributed by atoms with E-state index in [9.17, 15) is 9.59 Å². The third kappa shape index (κ3) is 4.71. The van der Waals surface area contributed by atoms with E-state index in [1.54, 1.807) is 0 Å². The highest BCUT2D eigenvalue weighted by Crippen LogP contribution is 2.20. The van der Waals surface area contributed by atoms with Crippen molar-refractivity contribution in [2.75, 3.05) is 25.0 Å². The van der Waals surface area contributed by atoms with E-state index in [1.807, 2.05) is 35.8 Å². The number of carbonyl (C=O) groups is 1. The van der Waals surface area contributed by atoms with Crippen molar-refractivity contribution in [1.29, 1.82) is 0 Å². The Morgan fingerprint density at radius 2 is 1.83 bits per heavy atom. The second-order valence-electron chi connectivity index (χ2n) is 6.84. The van der Waals surface area contributed by atoms with Gasteiger partial charge in [-0.05, 0) is 37.7 Å². The van der Waals surface area contributed by atoms with Gasteiger partial charge in [-0.2, -0.15) is 5.10 Å². The molecule has 0 saturated heterocycles. The van der Waals surface area contributed by atoms with Crippen LogP contribution in [0.25, 0.3) is 11.0 Å². The predicted octanol–water partition coefficient (Wildman–Crippen LogP) is 2.60. The third-order valence-electron chi connectivity index (χ3n) is 4.95. The minimum atomic E-state index is -0.380. The van der Waals surface area contributed by atoms with Crippen molar-refractivity contribution < 1.29 is 4.79 Å². The van der Waals surface area contributed by atoms with Gasteiger partial charge in [-0.3, -0.25) is 14.9 Å². The highest BCUT2D eigenvalue weighted by molar-refractivity contribution is 6.02. The largest absolute Gasteiger partial charge is 0.309 e. The van der Waals surface area contributed by atoms with E-state index in [0.717, 1.165) is 37.1 Å². The van der Waals surface area contributed by atoms with Crippen LogP contribution in [0.5, 0.6) is 0 Å². The maximum atomic E-state index is 12.8. The smallest absolute Gasteiger partial charge is 0.278 e. The number of benzene rings is 1. The topological polar surface area (TPSA) is 85.1 Å². The van der Waals surface area contributed by atoms with Gasteiger partial charge in [0.2, 0.25) is 5.95 Å². The summed E-state index contributed by atoms with van der Waals surface area (Å²) in [5.41, 5.74) is 1.78. The normalized spacial score (nSPS) is 11.3. The molecule has 0 bridgehead atoms. The molecule has 0 atom stereocenters. The molecule has 0 aliphatic heterocycles. The Balaban J connectivity index is 1.89. The summed E-state index contributed by atoms with van der Waals surface area (Å²) in [6.07, 6.45) is 0.763. The van der Waals surface area contributed by atoms with Crippen LogP contribution in [0.4, 0.5) is 5.95 Å². The Kier molecular flexibility index (Phi) is 6.77. The summed E-state index contributed by atoms with van der Waals surface area (Å²) in [5, 5.41) is 7.07. The lowest BCUT2D eigenvalue weighted by molar-refractivity contribution is 0.101. The number of fused-ring (bicyclic) bond motifs is 1. The molecule has 0 radical (unpaired) electrons. The highest BCUT2D eigenvalue weighted by atomic mass is 16.2. The quantitative estimate of drug-likeness (QED) is 0.601. The van der Waals surface area contributed by atoms with Crippen molar-refractivity contribution in [3.63, 3.8) is 0 Å². The van der Waals surface area contributed by atoms with Crippen molar-refractivity contribution in [3.8, 4) is 0 Å². The number of imidazole rings is 1. The SMILES string of the molecule is CCCn1nc(C(=O)Nc2nc3ccccc3n2CCN(CC)CC)ccc1=O. The predicted molar refractivity (Wildman–Crippen MR) is 114 cm³/mol. The van der Waals surface area contributed by atoms with E-state index < -0.39 is 0 Å². The fourth-order valence-electron chi connectivity index (χ4n) is 3.29. The zero-order valence-corrected chi connectivity index (χ0v) is 17.3. The summed E-state index contributed by atoms with van der Waals surface area (Å²) < 4.78 is 3.34. The van der Waals surface area contributed by atoms with Crippen LogP contribution in [0.3, 0.4) is 0 Å². The molecule has 2 aromatic heterocycles. The fourth-order valence-corrected chi connectivity index (χ4v) is 3.29. The summed E-state index contributed by atoms with van der Waals surface area (Å²) in [7, 11) is 0. The summed E-state index contributed by atoms with van der Waals surface area (Å²) >= 11 is 0. The monoisotopic (exact) mass is 396 g/mol. The average molecular weight is 396 g/mol. The van der Waals surface area contributed by atoms with Gasteiger partial charge in [0.15, 0.2) is 0 Å². The lowest BCUT2D eigenvalue weighted by Crippen LogP contribution is -2.28. The number of amides is 1. The number of hydrogen-bond acceptors (Lipinski definition) is 5. The maximum absolute atomic E-state index is 12.8. The van der Waals surface area contributed by atoms with Crippen LogP contribution in [-0.4, -0.2) is 49.8 Å². The highest BCUT2D eigenvalue weighted by Gasteiger charge is 2.16. The number of carbonyl (C=O) groups excluding carboxylic acids is 1. The first-order valence-electron chi connectivity index (χ1n) is 10.1. The van der Waals surface area contributed by atoms with Crippen LogP contribution in [0.2, 0.25) is 0 Å². The number of aromatic nitrogens is 4. The summed E-state index contributed by atoms with van der Waals surface area (Å²) in [4.78, 5) is 31.6. The van der Waals surface area contributed by atoms with Gasteiger partial charge in [0, 0.05) is 25.7 Å². The number of anilines is 1. The summed E-state index contributed by atoms with van der Waals surface area (Å²) in [5.74, 6) is 0.104. The van der Waals surface area contributed by atoms with Crippen molar-refractivity contribution in [3.05, 3.63) is 52.4 Å². The Bertz CT molecular complexity index is 1040. The zero-order valence-electron chi connectivity index (χ0n) is 17.3. The molecule has 1 aromatic carbocycles. The number of nitrogens with zero attached hydrogens (tertiary/aromatic N) is 5. The molecule has 0 aliphatic carbocycles. The molecule has 154 valence electrons. The van der Waals surface area contributed by atoms with Crippen LogP contribution < -0.4 is 10.9 Å². The van der Waals surface area contributed by atoms with Crippen LogP contribution in [0, 0.1) is 0 Å². The molecule has 0 saturated carbocycles. The first-order chi connectivity index (χ1) is 14.1. The van der Waals surface area contributed by atoms with Gasteiger partial charge < -0.3 is 9.47 Å². The molecule has 0 spiro atoms. The number of para-hydroxylation sites is 2. The van der Waals surface area contributed by atoms with Crippen LogP contribution in [0.15, 0.2) is 41.2 Å². The molecule has 2 heterocycles. The standard InChI is InChI=1S/C21H28N6O2/c1-4-13-27-19(28)12-11-17(24-27)20(29)23-21-22-16-9-7-8-10-18(16)26(21)15-14-25(5-2)6-3/h7-12H,4-6,13-15H2,1-3H3,(H,22,23,29). The molecular weight excluding hydrogens is 368 g/mol. The molecule has 8 heteroatoms. The Hall–Kier alpha value is -3.00. The second-order valence-corrected chi connectivity index (χ2v) is 6.84. The second kappa shape index (κ2) is 9.47. The van der Waals surface area contributed by atoms with Gasteiger partial charge in [0.1, 0.15) is 5.69 Å². The molecule has 1 amide bonds. The van der Waals surface area contributed by atoms with Gasteiger partial charge in [-0.25, -0.2) is 9.67 Å². The Morgan fingerprint density at radius 3 is 2.55 bits per heavy atom. The van der Waals surface area contributed by atoms with E-state index >= 15 is 0 Å². The van der Waals surface area contributed by atoms with E-state index in [2.05, 4.69) is 34.1 Å². The average Bonchev–Trinajstić information content (AvgIpc) is 3.07. The van der Waals surface area contributed by atoms with E-state index in [0.29, 0.717) is 19.0 Å². The van der Waals surface area contributed by atoms with Gasteiger partial charge in [0.05, 0.1) is 11.0 Å². The van der Waals surface area contributed by atoms with E-state index in [-0.39, 0.29) is 17.2 Å². The van der Waals surface area contributed by atoms with E-state index in [1.165, 1.54) is 16.8 Å². The zero-order chi connectivity index (χ0) is 20.8. The van der Waals surface area contributed by atoms with Crippen LogP contribution in [0.1, 0.15) is 37.7 Å². The lowest BCUT2D eigenvalue weighted by Gasteiger charge is -2.19. The molecule has 8 nitrogen and oxygen atoms in total. The van der Waals surface area contributed by atoms with Crippen LogP contribution >= 0.6 is 0 Å². The number of likely N-dealkylation sites (N-methyl/N-ethyl adjacent to an activating group) is 1. The molecule has 0 unspecified atom stereocenters. The van der Waals surface area contributed by atoms with Crippen molar-refractivity contribution >= 4 is 22.9 Å². The molecule has 1 N–H and O–H groups in total. The molecular formula is C21H28N6O2. The number of rotatable bonds is 9. The minimum absolute atomic E-state index is 0.195. The van der Waals surface area contributed by atoms with Gasteiger partial charge in [-0.15, -0.1) is 0 Å². The third-order valence-corrected chi connectivity index (χ3v) is 4.95. The number of nitrogens with one attached hydrogen (secondary N) is 1. The van der Waals surface area contributed by atoms with Crippen molar-refractivity contribution in [2.45, 2.75) is 40.3 Å². The Labute approximate surface area is 170 Å². The summed E-state index contributed by atoms with van der Waals surface area (Å²) in [6, 6.07) is 10.6. The lowest BCUT2D eigenvalue weighted by atomic mass is 10.3. The molecule has 3 rings (SSSR count). The van der Waals surface area contributed by atoms with Gasteiger partial charge in [0.25, 0.3) is 11.5 Å². The fraction of sp³-hybridized carbons (Fsp3) is 0.429. The molecule has 0 fully saturated rings. The summed E-state index contributed by atoms with van der Waals surface area (Å²) in [6.45, 7) is 10.2. The minimum Gasteiger partial charge on any atom is -0.309 e. The Morgan fingerprint density at radius 1 is 1.07 bits per heavy atom. The number of aryl methyl sites for hydroxylation is 1. The van der Waals surface area contributed by atoms with Crippen molar-refractivity contribution in [1.82, 2.24) is 24.2 Å². The molecule has 29 heavy (non-hydrogen) atoms. The van der Waals surface area contributed by atoms with E-state index in [4.69, 9.17) is 0 Å². The van der Waals surface area contributed by atoms with Crippen LogP contribution in [-0.2, 0) is 13.1 Å². The van der Waals surface area contributed by atoms with Gasteiger partial charge in [-0.1, -0.05) is 32.9 Å². The maximum Gasteiger partial charge on any atom is 0.278 e. The molecule has 3 aromatic rings. The first kappa shape index (κ1) is 20.7.